The van der Waals surface area contributed by atoms with Crippen molar-refractivity contribution in [1.29, 1.82) is 0 Å². The predicted octanol–water partition coefficient (Wildman–Crippen LogP) is 3.40. The van der Waals surface area contributed by atoms with Crippen molar-refractivity contribution in [1.82, 2.24) is 14.9 Å². The van der Waals surface area contributed by atoms with Crippen molar-refractivity contribution in [3.8, 4) is 17.4 Å². The summed E-state index contributed by atoms with van der Waals surface area (Å²) in [5, 5.41) is 10.6. The first kappa shape index (κ1) is 25.7. The molecule has 3 heterocycles. The van der Waals surface area contributed by atoms with Gasteiger partial charge in [0, 0.05) is 36.5 Å². The Morgan fingerprint density at radius 3 is 2.55 bits per heavy atom. The van der Waals surface area contributed by atoms with Gasteiger partial charge in [0.05, 0.1) is 24.4 Å². The number of aliphatic hydroxyl groups excluding tert-OH is 1. The number of anilines is 1. The molecule has 1 aliphatic heterocycles. The SMILES string of the molecule is CC(Oc1ccccn1)N(C)Cc1cc2c(cc1N(CCO)S(=O)(=O)c1cccc3cccnc13)OCO2. The smallest absolute Gasteiger partial charge is 0.266 e. The molecule has 1 aliphatic rings. The van der Waals surface area contributed by atoms with Crippen LogP contribution in [0.3, 0.4) is 0 Å². The Labute approximate surface area is 221 Å². The maximum atomic E-state index is 14.1. The first-order valence-electron chi connectivity index (χ1n) is 12.1. The van der Waals surface area contributed by atoms with E-state index in [-0.39, 0.29) is 31.1 Å². The van der Waals surface area contributed by atoms with Gasteiger partial charge in [-0.25, -0.2) is 13.4 Å². The minimum Gasteiger partial charge on any atom is -0.459 e. The lowest BCUT2D eigenvalue weighted by molar-refractivity contribution is 0.0511. The topological polar surface area (TPSA) is 114 Å². The maximum Gasteiger partial charge on any atom is 0.266 e. The molecule has 198 valence electrons. The van der Waals surface area contributed by atoms with Gasteiger partial charge in [-0.3, -0.25) is 14.2 Å². The highest BCUT2D eigenvalue weighted by atomic mass is 32.2. The third kappa shape index (κ3) is 5.08. The van der Waals surface area contributed by atoms with Crippen LogP contribution in [0.1, 0.15) is 12.5 Å². The predicted molar refractivity (Wildman–Crippen MR) is 142 cm³/mol. The molecule has 1 unspecified atom stereocenters. The van der Waals surface area contributed by atoms with Crippen LogP contribution in [0.25, 0.3) is 10.9 Å². The largest absolute Gasteiger partial charge is 0.459 e. The van der Waals surface area contributed by atoms with E-state index in [4.69, 9.17) is 14.2 Å². The number of fused-ring (bicyclic) bond motifs is 2. The van der Waals surface area contributed by atoms with Gasteiger partial charge < -0.3 is 19.3 Å². The molecular formula is C27H28N4O6S. The molecule has 11 heteroatoms. The second-order valence-corrected chi connectivity index (χ2v) is 10.6. The highest BCUT2D eigenvalue weighted by Crippen LogP contribution is 2.41. The van der Waals surface area contributed by atoms with E-state index in [9.17, 15) is 13.5 Å². The Kier molecular flexibility index (Phi) is 7.32. The average Bonchev–Trinajstić information content (AvgIpc) is 3.39. The minimum atomic E-state index is -4.13. The molecule has 10 nitrogen and oxygen atoms in total. The van der Waals surface area contributed by atoms with Gasteiger partial charge in [-0.1, -0.05) is 24.3 Å². The zero-order valence-electron chi connectivity index (χ0n) is 21.0. The van der Waals surface area contributed by atoms with Crippen molar-refractivity contribution >= 4 is 26.6 Å². The number of rotatable bonds is 10. The molecule has 2 aromatic carbocycles. The Bertz CT molecular complexity index is 1530. The first-order valence-corrected chi connectivity index (χ1v) is 13.5. The number of aliphatic hydroxyl groups is 1. The summed E-state index contributed by atoms with van der Waals surface area (Å²) in [5.74, 6) is 1.42. The van der Waals surface area contributed by atoms with Crippen molar-refractivity contribution in [2.24, 2.45) is 0 Å². The van der Waals surface area contributed by atoms with Crippen LogP contribution in [-0.4, -0.2) is 61.6 Å². The molecule has 1 N–H and O–H groups in total. The molecule has 0 spiro atoms. The van der Waals surface area contributed by atoms with E-state index in [0.29, 0.717) is 46.1 Å². The number of aromatic nitrogens is 2. The number of hydrogen-bond donors (Lipinski definition) is 1. The average molecular weight is 537 g/mol. The van der Waals surface area contributed by atoms with Crippen molar-refractivity contribution in [3.63, 3.8) is 0 Å². The summed E-state index contributed by atoms with van der Waals surface area (Å²) in [6.45, 7) is 1.67. The Morgan fingerprint density at radius 1 is 1.03 bits per heavy atom. The lowest BCUT2D eigenvalue weighted by Gasteiger charge is -2.30. The van der Waals surface area contributed by atoms with Gasteiger partial charge in [0.1, 0.15) is 4.90 Å². The molecule has 0 bridgehead atoms. The fraction of sp³-hybridized carbons (Fsp3) is 0.259. The van der Waals surface area contributed by atoms with Gasteiger partial charge in [0.2, 0.25) is 12.7 Å². The highest BCUT2D eigenvalue weighted by molar-refractivity contribution is 7.93. The summed E-state index contributed by atoms with van der Waals surface area (Å²) >= 11 is 0. The third-order valence-electron chi connectivity index (χ3n) is 6.28. The van der Waals surface area contributed by atoms with Gasteiger partial charge >= 0.3 is 0 Å². The second-order valence-electron chi connectivity index (χ2n) is 8.77. The zero-order chi connectivity index (χ0) is 26.7. The van der Waals surface area contributed by atoms with E-state index >= 15 is 0 Å². The lowest BCUT2D eigenvalue weighted by Crippen LogP contribution is -2.37. The molecular weight excluding hydrogens is 508 g/mol. The number of pyridine rings is 2. The summed E-state index contributed by atoms with van der Waals surface area (Å²) in [6, 6.07) is 17.4. The Morgan fingerprint density at radius 2 is 1.79 bits per heavy atom. The number of nitrogens with zero attached hydrogens (tertiary/aromatic N) is 4. The van der Waals surface area contributed by atoms with E-state index in [0.717, 1.165) is 0 Å². The fourth-order valence-corrected chi connectivity index (χ4v) is 5.93. The molecule has 0 aliphatic carbocycles. The molecule has 5 rings (SSSR count). The summed E-state index contributed by atoms with van der Waals surface area (Å²) in [4.78, 5) is 10.5. The number of ether oxygens (including phenoxy) is 3. The molecule has 4 aromatic rings. The quantitative estimate of drug-likeness (QED) is 0.305. The van der Waals surface area contributed by atoms with Gasteiger partial charge in [-0.05, 0) is 43.8 Å². The van der Waals surface area contributed by atoms with E-state index in [1.54, 1.807) is 42.7 Å². The summed E-state index contributed by atoms with van der Waals surface area (Å²) in [7, 11) is -2.27. The Balaban J connectivity index is 1.55. The molecule has 0 saturated heterocycles. The van der Waals surface area contributed by atoms with Crippen LogP contribution in [0.15, 0.2) is 78.0 Å². The fourth-order valence-electron chi connectivity index (χ4n) is 4.27. The van der Waals surface area contributed by atoms with E-state index in [1.165, 1.54) is 10.4 Å². The van der Waals surface area contributed by atoms with Crippen molar-refractivity contribution in [2.45, 2.75) is 24.6 Å². The van der Waals surface area contributed by atoms with Crippen molar-refractivity contribution in [3.05, 3.63) is 78.6 Å². The molecule has 0 amide bonds. The number of sulfonamides is 1. The monoisotopic (exact) mass is 536 g/mol. The van der Waals surface area contributed by atoms with Crippen LogP contribution in [0, 0.1) is 0 Å². The molecule has 2 aromatic heterocycles. The van der Waals surface area contributed by atoms with Crippen molar-refractivity contribution < 1.29 is 27.7 Å². The van der Waals surface area contributed by atoms with Crippen LogP contribution in [0.4, 0.5) is 5.69 Å². The van der Waals surface area contributed by atoms with Crippen LogP contribution in [-0.2, 0) is 16.6 Å². The van der Waals surface area contributed by atoms with Crippen LogP contribution >= 0.6 is 0 Å². The highest BCUT2D eigenvalue weighted by Gasteiger charge is 2.31. The van der Waals surface area contributed by atoms with E-state index < -0.39 is 10.0 Å². The van der Waals surface area contributed by atoms with Crippen molar-refractivity contribution in [2.75, 3.05) is 31.3 Å². The molecule has 0 saturated carbocycles. The number of benzene rings is 2. The van der Waals surface area contributed by atoms with E-state index in [2.05, 4.69) is 9.97 Å². The lowest BCUT2D eigenvalue weighted by atomic mass is 10.1. The van der Waals surface area contributed by atoms with Crippen LogP contribution in [0.2, 0.25) is 0 Å². The summed E-state index contributed by atoms with van der Waals surface area (Å²) < 4.78 is 46.5. The second kappa shape index (κ2) is 10.8. The molecule has 0 radical (unpaired) electrons. The summed E-state index contributed by atoms with van der Waals surface area (Å²) in [6.07, 6.45) is 2.83. The normalized spacial score (nSPS) is 13.6. The minimum absolute atomic E-state index is 0.0350. The molecule has 1 atom stereocenters. The van der Waals surface area contributed by atoms with Crippen LogP contribution in [0.5, 0.6) is 17.4 Å². The number of hydrogen-bond acceptors (Lipinski definition) is 9. The first-order chi connectivity index (χ1) is 18.4. The van der Waals surface area contributed by atoms with Gasteiger partial charge in [0.15, 0.2) is 17.7 Å². The third-order valence-corrected chi connectivity index (χ3v) is 8.12. The van der Waals surface area contributed by atoms with Gasteiger partial charge in [0.25, 0.3) is 10.0 Å². The maximum absolute atomic E-state index is 14.1. The number of para-hydroxylation sites is 1. The van der Waals surface area contributed by atoms with Gasteiger partial charge in [-0.15, -0.1) is 0 Å². The standard InChI is InChI=1S/C27H28N4O6S/c1-19(37-26-10-3-4-11-28-26)30(2)17-21-15-23-24(36-18-35-23)16-22(21)31(13-14-32)38(33,34)25-9-5-7-20-8-6-12-29-27(20)25/h3-12,15-16,19,32H,13-14,17-18H2,1-2H3. The molecule has 0 fully saturated rings. The zero-order valence-corrected chi connectivity index (χ0v) is 21.8. The Hall–Kier alpha value is -3.93. The molecule has 38 heavy (non-hydrogen) atoms. The summed E-state index contributed by atoms with van der Waals surface area (Å²) in [5.41, 5.74) is 1.38. The van der Waals surface area contributed by atoms with E-state index in [1.807, 2.05) is 43.1 Å². The van der Waals surface area contributed by atoms with Gasteiger partial charge in [-0.2, -0.15) is 0 Å². The van der Waals surface area contributed by atoms with Crippen LogP contribution < -0.4 is 18.5 Å².